The number of nitrogens with one attached hydrogen (secondary N) is 1. The number of carbonyl (C=O) groups excluding carboxylic acids is 1. The quantitative estimate of drug-likeness (QED) is 0.434. The first kappa shape index (κ1) is 23.2. The second-order valence-corrected chi connectivity index (χ2v) is 8.06. The average Bonchev–Trinajstić information content (AvgIpc) is 3.18. The molecule has 2 aromatic heterocycles. The van der Waals surface area contributed by atoms with Gasteiger partial charge in [-0.3, -0.25) is 23.4 Å². The van der Waals surface area contributed by atoms with E-state index < -0.39 is 17.2 Å². The Morgan fingerprint density at radius 3 is 2.35 bits per heavy atom. The molecule has 9 heteroatoms. The molecule has 2 heterocycles. The molecule has 0 saturated carbocycles. The molecule has 1 N–H and O–H groups in total. The molecule has 0 unspecified atom stereocenters. The molecule has 0 saturated heterocycles. The minimum Gasteiger partial charge on any atom is -0.350 e. The maximum Gasteiger partial charge on any atom is 0.332 e. The van der Waals surface area contributed by atoms with Gasteiger partial charge in [0.15, 0.2) is 5.52 Å². The SMILES string of the molecule is CCn1nc(C)c2c1c(=O)n(CCc1ccccc1)c(=O)n2CC(=O)NCc1ccc(F)cc1. The molecule has 2 aromatic carbocycles. The van der Waals surface area contributed by atoms with Gasteiger partial charge in [0.25, 0.3) is 5.56 Å². The van der Waals surface area contributed by atoms with Gasteiger partial charge in [0, 0.05) is 19.6 Å². The van der Waals surface area contributed by atoms with Crippen LogP contribution in [0.15, 0.2) is 64.2 Å². The lowest BCUT2D eigenvalue weighted by Crippen LogP contribution is -2.43. The Bertz CT molecular complexity index is 1440. The van der Waals surface area contributed by atoms with Crippen molar-refractivity contribution < 1.29 is 9.18 Å². The molecule has 0 radical (unpaired) electrons. The summed E-state index contributed by atoms with van der Waals surface area (Å²) in [5, 5.41) is 7.17. The highest BCUT2D eigenvalue weighted by Crippen LogP contribution is 2.14. The zero-order valence-corrected chi connectivity index (χ0v) is 19.1. The van der Waals surface area contributed by atoms with Crippen LogP contribution >= 0.6 is 0 Å². The Kier molecular flexibility index (Phi) is 6.72. The molecule has 4 rings (SSSR count). The number of fused-ring (bicyclic) bond motifs is 1. The van der Waals surface area contributed by atoms with Crippen LogP contribution in [0.25, 0.3) is 11.0 Å². The summed E-state index contributed by atoms with van der Waals surface area (Å²) in [7, 11) is 0. The second-order valence-electron chi connectivity index (χ2n) is 8.06. The number of carbonyl (C=O) groups is 1. The third-order valence-corrected chi connectivity index (χ3v) is 5.75. The third kappa shape index (κ3) is 4.68. The minimum absolute atomic E-state index is 0.183. The molecule has 8 nitrogen and oxygen atoms in total. The summed E-state index contributed by atoms with van der Waals surface area (Å²) >= 11 is 0. The Labute approximate surface area is 195 Å². The van der Waals surface area contributed by atoms with Crippen molar-refractivity contribution in [1.29, 1.82) is 0 Å². The number of nitrogens with zero attached hydrogens (tertiary/aromatic N) is 4. The molecule has 34 heavy (non-hydrogen) atoms. The number of halogens is 1. The number of hydrogen-bond acceptors (Lipinski definition) is 4. The highest BCUT2D eigenvalue weighted by molar-refractivity contribution is 5.81. The van der Waals surface area contributed by atoms with Crippen LogP contribution in [0.5, 0.6) is 0 Å². The summed E-state index contributed by atoms with van der Waals surface area (Å²) in [5.41, 5.74) is 1.94. The molecule has 0 spiro atoms. The van der Waals surface area contributed by atoms with Gasteiger partial charge in [-0.1, -0.05) is 42.5 Å². The van der Waals surface area contributed by atoms with E-state index in [9.17, 15) is 18.8 Å². The number of benzene rings is 2. The maximum atomic E-state index is 13.4. The highest BCUT2D eigenvalue weighted by atomic mass is 19.1. The van der Waals surface area contributed by atoms with Gasteiger partial charge in [0.2, 0.25) is 5.91 Å². The smallest absolute Gasteiger partial charge is 0.332 e. The van der Waals surface area contributed by atoms with Crippen molar-refractivity contribution in [3.8, 4) is 0 Å². The van der Waals surface area contributed by atoms with E-state index in [1.807, 2.05) is 37.3 Å². The number of amides is 1. The van der Waals surface area contributed by atoms with Crippen molar-refractivity contribution in [2.24, 2.45) is 0 Å². The van der Waals surface area contributed by atoms with Crippen molar-refractivity contribution in [3.05, 3.63) is 98.1 Å². The van der Waals surface area contributed by atoms with Gasteiger partial charge in [-0.25, -0.2) is 9.18 Å². The van der Waals surface area contributed by atoms with Gasteiger partial charge in [-0.2, -0.15) is 5.10 Å². The lowest BCUT2D eigenvalue weighted by Gasteiger charge is -2.13. The zero-order valence-electron chi connectivity index (χ0n) is 19.1. The van der Waals surface area contributed by atoms with Crippen LogP contribution in [0.1, 0.15) is 23.7 Å². The molecule has 0 aliphatic carbocycles. The van der Waals surface area contributed by atoms with E-state index in [4.69, 9.17) is 0 Å². The summed E-state index contributed by atoms with van der Waals surface area (Å²) in [5.74, 6) is -0.755. The van der Waals surface area contributed by atoms with Crippen LogP contribution in [0.2, 0.25) is 0 Å². The summed E-state index contributed by atoms with van der Waals surface area (Å²) in [6.45, 7) is 4.14. The van der Waals surface area contributed by atoms with Gasteiger partial charge in [0.1, 0.15) is 17.9 Å². The van der Waals surface area contributed by atoms with Crippen LogP contribution in [-0.4, -0.2) is 24.8 Å². The first-order valence-corrected chi connectivity index (χ1v) is 11.1. The van der Waals surface area contributed by atoms with Gasteiger partial charge in [-0.15, -0.1) is 0 Å². The lowest BCUT2D eigenvalue weighted by molar-refractivity contribution is -0.121. The average molecular weight is 464 g/mol. The van der Waals surface area contributed by atoms with Crippen molar-refractivity contribution in [1.82, 2.24) is 24.2 Å². The Hall–Kier alpha value is -4.01. The van der Waals surface area contributed by atoms with E-state index in [0.29, 0.717) is 29.7 Å². The normalized spacial score (nSPS) is 11.1. The van der Waals surface area contributed by atoms with Crippen molar-refractivity contribution in [2.75, 3.05) is 0 Å². The van der Waals surface area contributed by atoms with Crippen LogP contribution in [-0.2, 0) is 37.4 Å². The van der Waals surface area contributed by atoms with E-state index in [1.165, 1.54) is 21.3 Å². The highest BCUT2D eigenvalue weighted by Gasteiger charge is 2.21. The maximum absolute atomic E-state index is 13.4. The van der Waals surface area contributed by atoms with E-state index in [1.54, 1.807) is 23.7 Å². The number of rotatable bonds is 8. The van der Waals surface area contributed by atoms with Gasteiger partial charge in [0.05, 0.1) is 5.69 Å². The fourth-order valence-electron chi connectivity index (χ4n) is 4.02. The molecule has 0 aliphatic heterocycles. The van der Waals surface area contributed by atoms with E-state index in [0.717, 1.165) is 11.1 Å². The number of hydrogen-bond donors (Lipinski definition) is 1. The van der Waals surface area contributed by atoms with E-state index >= 15 is 0 Å². The third-order valence-electron chi connectivity index (χ3n) is 5.75. The standard InChI is InChI=1S/C25H26FN5O3/c1-3-31-23-22(17(2)28-31)30(16-21(32)27-15-19-9-11-20(26)12-10-19)25(34)29(24(23)33)14-13-18-7-5-4-6-8-18/h4-12H,3,13-16H2,1-2H3,(H,27,32). The minimum atomic E-state index is -0.552. The zero-order chi connectivity index (χ0) is 24.2. The van der Waals surface area contributed by atoms with Crippen LogP contribution in [0.3, 0.4) is 0 Å². The van der Waals surface area contributed by atoms with Crippen LogP contribution < -0.4 is 16.6 Å². The summed E-state index contributed by atoms with van der Waals surface area (Å²) < 4.78 is 17.2. The molecular weight excluding hydrogens is 437 g/mol. The summed E-state index contributed by atoms with van der Waals surface area (Å²) in [6, 6.07) is 15.4. The predicted molar refractivity (Wildman–Crippen MR) is 127 cm³/mol. The molecule has 4 aromatic rings. The fraction of sp³-hybridized carbons (Fsp3) is 0.280. The first-order chi connectivity index (χ1) is 16.4. The van der Waals surface area contributed by atoms with Crippen molar-refractivity contribution in [3.63, 3.8) is 0 Å². The summed E-state index contributed by atoms with van der Waals surface area (Å²) in [4.78, 5) is 39.4. The van der Waals surface area contributed by atoms with Gasteiger partial charge in [-0.05, 0) is 43.5 Å². The molecule has 0 fully saturated rings. The fourth-order valence-corrected chi connectivity index (χ4v) is 4.02. The van der Waals surface area contributed by atoms with Crippen molar-refractivity contribution >= 4 is 16.9 Å². The van der Waals surface area contributed by atoms with Crippen molar-refractivity contribution in [2.45, 2.75) is 46.4 Å². The van der Waals surface area contributed by atoms with Gasteiger partial charge >= 0.3 is 5.69 Å². The largest absolute Gasteiger partial charge is 0.350 e. The molecule has 0 bridgehead atoms. The summed E-state index contributed by atoms with van der Waals surface area (Å²) in [6.07, 6.45) is 0.498. The topological polar surface area (TPSA) is 90.9 Å². The molecule has 176 valence electrons. The first-order valence-electron chi connectivity index (χ1n) is 11.1. The Morgan fingerprint density at radius 1 is 0.971 bits per heavy atom. The molecule has 0 aliphatic rings. The van der Waals surface area contributed by atoms with E-state index in [-0.39, 0.29) is 25.5 Å². The molecular formula is C25H26FN5O3. The van der Waals surface area contributed by atoms with Crippen LogP contribution in [0.4, 0.5) is 4.39 Å². The Balaban J connectivity index is 1.68. The molecule has 0 atom stereocenters. The van der Waals surface area contributed by atoms with E-state index in [2.05, 4.69) is 10.4 Å². The van der Waals surface area contributed by atoms with Crippen LogP contribution in [0, 0.1) is 12.7 Å². The van der Waals surface area contributed by atoms with Gasteiger partial charge < -0.3 is 5.32 Å². The monoisotopic (exact) mass is 463 g/mol. The lowest BCUT2D eigenvalue weighted by atomic mass is 10.1. The second kappa shape index (κ2) is 9.86. The Morgan fingerprint density at radius 2 is 1.68 bits per heavy atom. The number of aryl methyl sites for hydroxylation is 3. The predicted octanol–water partition coefficient (Wildman–Crippen LogP) is 2.39. The number of aromatic nitrogens is 4. The molecule has 1 amide bonds.